The maximum Gasteiger partial charge on any atom is 0.253 e. The van der Waals surface area contributed by atoms with Crippen LogP contribution >= 0.6 is 0 Å². The van der Waals surface area contributed by atoms with E-state index in [-0.39, 0.29) is 12.0 Å². The highest BCUT2D eigenvalue weighted by molar-refractivity contribution is 5.95. The molecule has 1 N–H and O–H groups in total. The van der Waals surface area contributed by atoms with Crippen molar-refractivity contribution in [2.24, 2.45) is 0 Å². The molecule has 1 atom stereocenters. The van der Waals surface area contributed by atoms with Crippen molar-refractivity contribution in [3.63, 3.8) is 0 Å². The van der Waals surface area contributed by atoms with Gasteiger partial charge in [-0.15, -0.1) is 0 Å². The number of nitrogens with one attached hydrogen (secondary N) is 1. The first-order chi connectivity index (χ1) is 10.2. The highest BCUT2D eigenvalue weighted by Gasteiger charge is 2.22. The predicted molar refractivity (Wildman–Crippen MR) is 80.5 cm³/mol. The third-order valence-corrected chi connectivity index (χ3v) is 3.72. The highest BCUT2D eigenvalue weighted by Crippen LogP contribution is 2.21. The molecule has 1 aliphatic rings. The molecule has 0 aliphatic carbocycles. The molecule has 3 rings (SSSR count). The Morgan fingerprint density at radius 2 is 2.33 bits per heavy atom. The number of rotatable bonds is 3. The van der Waals surface area contributed by atoms with Crippen LogP contribution in [0.1, 0.15) is 24.8 Å². The standard InChI is InChI=1S/C16H19N3O2/c1-12-6-7-13(19-9-4-8-17-19)11-14(12)18-16(20)15-5-2-3-10-21-15/h4,6-9,11,15H,2-3,5,10H2,1H3,(H,18,20). The number of hydrogen-bond donors (Lipinski definition) is 1. The normalized spacial score (nSPS) is 18.4. The molecule has 1 aromatic carbocycles. The van der Waals surface area contributed by atoms with Crippen molar-refractivity contribution in [1.82, 2.24) is 9.78 Å². The summed E-state index contributed by atoms with van der Waals surface area (Å²) in [5.41, 5.74) is 2.75. The molecule has 0 bridgehead atoms. The quantitative estimate of drug-likeness (QED) is 0.943. The molecule has 2 heterocycles. The van der Waals surface area contributed by atoms with Gasteiger partial charge in [-0.2, -0.15) is 5.10 Å². The Labute approximate surface area is 123 Å². The Bertz CT molecular complexity index is 616. The highest BCUT2D eigenvalue weighted by atomic mass is 16.5. The van der Waals surface area contributed by atoms with Crippen LogP contribution < -0.4 is 5.32 Å². The number of aryl methyl sites for hydroxylation is 1. The molecule has 1 amide bonds. The molecule has 110 valence electrons. The molecule has 1 unspecified atom stereocenters. The molecule has 2 aromatic rings. The summed E-state index contributed by atoms with van der Waals surface area (Å²) < 4.78 is 7.29. The van der Waals surface area contributed by atoms with E-state index in [2.05, 4.69) is 10.4 Å². The lowest BCUT2D eigenvalue weighted by molar-refractivity contribution is -0.129. The van der Waals surface area contributed by atoms with Gasteiger partial charge >= 0.3 is 0 Å². The molecular formula is C16H19N3O2. The number of nitrogens with zero attached hydrogens (tertiary/aromatic N) is 2. The van der Waals surface area contributed by atoms with Crippen molar-refractivity contribution in [2.75, 3.05) is 11.9 Å². The lowest BCUT2D eigenvalue weighted by Crippen LogP contribution is -2.33. The topological polar surface area (TPSA) is 56.2 Å². The van der Waals surface area contributed by atoms with Crippen LogP contribution in [-0.2, 0) is 9.53 Å². The van der Waals surface area contributed by atoms with Crippen LogP contribution in [0, 0.1) is 6.92 Å². The molecule has 0 spiro atoms. The van der Waals surface area contributed by atoms with Crippen molar-refractivity contribution in [2.45, 2.75) is 32.3 Å². The van der Waals surface area contributed by atoms with E-state index in [1.807, 2.05) is 37.4 Å². The summed E-state index contributed by atoms with van der Waals surface area (Å²) in [6.45, 7) is 2.65. The smallest absolute Gasteiger partial charge is 0.253 e. The van der Waals surface area contributed by atoms with Gasteiger partial charge in [0.05, 0.1) is 5.69 Å². The Morgan fingerprint density at radius 1 is 1.43 bits per heavy atom. The van der Waals surface area contributed by atoms with Crippen molar-refractivity contribution in [3.8, 4) is 5.69 Å². The molecule has 1 aliphatic heterocycles. The number of ether oxygens (including phenoxy) is 1. The van der Waals surface area contributed by atoms with Gasteiger partial charge in [-0.1, -0.05) is 6.07 Å². The van der Waals surface area contributed by atoms with Gasteiger partial charge in [0, 0.05) is 24.7 Å². The molecule has 21 heavy (non-hydrogen) atoms. The first kappa shape index (κ1) is 13.8. The maximum atomic E-state index is 12.3. The summed E-state index contributed by atoms with van der Waals surface area (Å²) in [6, 6.07) is 7.76. The van der Waals surface area contributed by atoms with Crippen LogP contribution in [0.4, 0.5) is 5.69 Å². The number of hydrogen-bond acceptors (Lipinski definition) is 3. The average molecular weight is 285 g/mol. The maximum absolute atomic E-state index is 12.3. The van der Waals surface area contributed by atoms with Gasteiger partial charge in [0.15, 0.2) is 0 Å². The van der Waals surface area contributed by atoms with E-state index < -0.39 is 0 Å². The van der Waals surface area contributed by atoms with Crippen LogP contribution in [-0.4, -0.2) is 28.4 Å². The van der Waals surface area contributed by atoms with E-state index in [0.717, 1.165) is 36.2 Å². The Kier molecular flexibility index (Phi) is 4.01. The minimum Gasteiger partial charge on any atom is -0.368 e. The lowest BCUT2D eigenvalue weighted by atomic mass is 10.1. The fraction of sp³-hybridized carbons (Fsp3) is 0.375. The van der Waals surface area contributed by atoms with Crippen molar-refractivity contribution >= 4 is 11.6 Å². The number of aromatic nitrogens is 2. The molecule has 5 heteroatoms. The number of anilines is 1. The fourth-order valence-electron chi connectivity index (χ4n) is 2.47. The summed E-state index contributed by atoms with van der Waals surface area (Å²) in [4.78, 5) is 12.3. The minimum absolute atomic E-state index is 0.0598. The predicted octanol–water partition coefficient (Wildman–Crippen LogP) is 2.69. The lowest BCUT2D eigenvalue weighted by Gasteiger charge is -2.22. The zero-order valence-electron chi connectivity index (χ0n) is 12.1. The largest absolute Gasteiger partial charge is 0.368 e. The van der Waals surface area contributed by atoms with Crippen molar-refractivity contribution in [3.05, 3.63) is 42.2 Å². The SMILES string of the molecule is Cc1ccc(-n2cccn2)cc1NC(=O)C1CCCCO1. The van der Waals surface area contributed by atoms with Crippen LogP contribution in [0.5, 0.6) is 0 Å². The number of amides is 1. The fourth-order valence-corrected chi connectivity index (χ4v) is 2.47. The van der Waals surface area contributed by atoms with E-state index in [0.29, 0.717) is 6.61 Å². The minimum atomic E-state index is -0.327. The average Bonchev–Trinajstić information content (AvgIpc) is 3.04. The Balaban J connectivity index is 1.78. The van der Waals surface area contributed by atoms with E-state index in [1.54, 1.807) is 10.9 Å². The number of carbonyl (C=O) groups is 1. The van der Waals surface area contributed by atoms with Crippen LogP contribution in [0.2, 0.25) is 0 Å². The monoisotopic (exact) mass is 285 g/mol. The molecule has 1 fully saturated rings. The van der Waals surface area contributed by atoms with Gasteiger partial charge in [0.2, 0.25) is 0 Å². The second-order valence-electron chi connectivity index (χ2n) is 5.29. The van der Waals surface area contributed by atoms with E-state index >= 15 is 0 Å². The third kappa shape index (κ3) is 3.13. The number of carbonyl (C=O) groups excluding carboxylic acids is 1. The molecule has 0 radical (unpaired) electrons. The zero-order valence-corrected chi connectivity index (χ0v) is 12.1. The van der Waals surface area contributed by atoms with Crippen LogP contribution in [0.15, 0.2) is 36.7 Å². The summed E-state index contributed by atoms with van der Waals surface area (Å²) in [6.07, 6.45) is 6.16. The van der Waals surface area contributed by atoms with E-state index in [1.165, 1.54) is 0 Å². The van der Waals surface area contributed by atoms with Crippen molar-refractivity contribution in [1.29, 1.82) is 0 Å². The first-order valence-corrected chi connectivity index (χ1v) is 7.27. The van der Waals surface area contributed by atoms with Gasteiger partial charge in [-0.3, -0.25) is 4.79 Å². The summed E-state index contributed by atoms with van der Waals surface area (Å²) in [5, 5.41) is 7.18. The van der Waals surface area contributed by atoms with Gasteiger partial charge < -0.3 is 10.1 Å². The molecule has 5 nitrogen and oxygen atoms in total. The van der Waals surface area contributed by atoms with Gasteiger partial charge in [-0.25, -0.2) is 4.68 Å². The molecule has 1 saturated heterocycles. The molecule has 0 saturated carbocycles. The zero-order chi connectivity index (χ0) is 14.7. The molecular weight excluding hydrogens is 266 g/mol. The van der Waals surface area contributed by atoms with Gasteiger partial charge in [-0.05, 0) is 49.9 Å². The third-order valence-electron chi connectivity index (χ3n) is 3.72. The Morgan fingerprint density at radius 3 is 3.05 bits per heavy atom. The summed E-state index contributed by atoms with van der Waals surface area (Å²) in [7, 11) is 0. The van der Waals surface area contributed by atoms with Crippen LogP contribution in [0.3, 0.4) is 0 Å². The summed E-state index contributed by atoms with van der Waals surface area (Å²) in [5.74, 6) is -0.0598. The van der Waals surface area contributed by atoms with Crippen LogP contribution in [0.25, 0.3) is 5.69 Å². The second kappa shape index (κ2) is 6.10. The van der Waals surface area contributed by atoms with Gasteiger partial charge in [0.1, 0.15) is 6.10 Å². The van der Waals surface area contributed by atoms with E-state index in [9.17, 15) is 4.79 Å². The van der Waals surface area contributed by atoms with Crippen molar-refractivity contribution < 1.29 is 9.53 Å². The number of benzene rings is 1. The van der Waals surface area contributed by atoms with E-state index in [4.69, 9.17) is 4.74 Å². The summed E-state index contributed by atoms with van der Waals surface area (Å²) >= 11 is 0. The molecule has 1 aromatic heterocycles. The second-order valence-corrected chi connectivity index (χ2v) is 5.29. The first-order valence-electron chi connectivity index (χ1n) is 7.27. The van der Waals surface area contributed by atoms with Gasteiger partial charge in [0.25, 0.3) is 5.91 Å². The Hall–Kier alpha value is -2.14.